The van der Waals surface area contributed by atoms with Crippen LogP contribution in [0, 0.1) is 13.8 Å². The zero-order valence-electron chi connectivity index (χ0n) is 15.2. The van der Waals surface area contributed by atoms with Crippen molar-refractivity contribution in [2.45, 2.75) is 53.8 Å². The average Bonchev–Trinajstić information content (AvgIpc) is 3.16. The number of carbonyl (C=O) groups excluding carboxylic acids is 1. The molecule has 25 heavy (non-hydrogen) atoms. The molecule has 8 nitrogen and oxygen atoms in total. The predicted octanol–water partition coefficient (Wildman–Crippen LogP) is 1.85. The van der Waals surface area contributed by atoms with E-state index in [-0.39, 0.29) is 18.9 Å². The first-order chi connectivity index (χ1) is 11.9. The first-order valence-electron chi connectivity index (χ1n) is 8.44. The van der Waals surface area contributed by atoms with Crippen LogP contribution in [0.1, 0.15) is 47.7 Å². The molecule has 2 heterocycles. The average molecular weight is 347 g/mol. The molecule has 0 bridgehead atoms. The lowest BCUT2D eigenvalue weighted by molar-refractivity contribution is -0.137. The third-order valence-electron chi connectivity index (χ3n) is 4.26. The zero-order chi connectivity index (χ0) is 18.6. The molecule has 0 atom stereocenters. The molecule has 0 unspecified atom stereocenters. The van der Waals surface area contributed by atoms with Gasteiger partial charge in [0.05, 0.1) is 18.7 Å². The van der Waals surface area contributed by atoms with Gasteiger partial charge in [-0.15, -0.1) is 0 Å². The molecule has 0 aromatic carbocycles. The van der Waals surface area contributed by atoms with Crippen LogP contribution in [0.5, 0.6) is 0 Å². The Balaban J connectivity index is 2.14. The van der Waals surface area contributed by atoms with Gasteiger partial charge in [0.2, 0.25) is 0 Å². The topological polar surface area (TPSA) is 93.2 Å². The number of hydrogen-bond donors (Lipinski definition) is 1. The number of rotatable bonds is 8. The minimum atomic E-state index is -0.891. The van der Waals surface area contributed by atoms with E-state index in [2.05, 4.69) is 10.2 Å². The second-order valence-electron chi connectivity index (χ2n) is 5.89. The fraction of sp³-hybridized carbons (Fsp3) is 0.529. The summed E-state index contributed by atoms with van der Waals surface area (Å²) in [6, 6.07) is 1.63. The molecule has 0 aliphatic heterocycles. The Kier molecular flexibility index (Phi) is 5.95. The fourth-order valence-corrected chi connectivity index (χ4v) is 2.76. The van der Waals surface area contributed by atoms with Gasteiger partial charge in [0.1, 0.15) is 5.69 Å². The maximum Gasteiger partial charge on any atom is 0.305 e. The number of aromatic nitrogens is 4. The van der Waals surface area contributed by atoms with Crippen molar-refractivity contribution < 1.29 is 14.7 Å². The summed E-state index contributed by atoms with van der Waals surface area (Å²) in [4.78, 5) is 25.1. The second-order valence-corrected chi connectivity index (χ2v) is 5.89. The third-order valence-corrected chi connectivity index (χ3v) is 4.26. The summed E-state index contributed by atoms with van der Waals surface area (Å²) >= 11 is 0. The van der Waals surface area contributed by atoms with Gasteiger partial charge in [-0.25, -0.2) is 0 Å². The van der Waals surface area contributed by atoms with Crippen LogP contribution in [0.2, 0.25) is 0 Å². The van der Waals surface area contributed by atoms with Crippen LogP contribution in [-0.2, 0) is 24.4 Å². The van der Waals surface area contributed by atoms with E-state index in [0.717, 1.165) is 23.5 Å². The van der Waals surface area contributed by atoms with Crippen LogP contribution in [0.15, 0.2) is 12.3 Å². The maximum atomic E-state index is 12.7. The van der Waals surface area contributed by atoms with Gasteiger partial charge in [-0.3, -0.25) is 19.0 Å². The number of amides is 1. The molecule has 0 spiro atoms. The van der Waals surface area contributed by atoms with Crippen molar-refractivity contribution in [2.75, 3.05) is 6.54 Å². The summed E-state index contributed by atoms with van der Waals surface area (Å²) in [5.74, 6) is -1.06. The van der Waals surface area contributed by atoms with Crippen LogP contribution in [0.3, 0.4) is 0 Å². The van der Waals surface area contributed by atoms with Crippen molar-refractivity contribution >= 4 is 11.9 Å². The molecule has 1 N–H and O–H groups in total. The number of carboxylic acids is 1. The molecule has 2 rings (SSSR count). The smallest absolute Gasteiger partial charge is 0.305 e. The van der Waals surface area contributed by atoms with Gasteiger partial charge in [0.25, 0.3) is 5.91 Å². The Morgan fingerprint density at radius 2 is 1.96 bits per heavy atom. The standard InChI is InChI=1S/C17H25N5O3/c1-5-20(11-14-12(3)18-22(6-2)13(14)4)17(25)15-7-9-21(19-15)10-8-16(23)24/h7,9H,5-6,8,10-11H2,1-4H3,(H,23,24). The van der Waals surface area contributed by atoms with E-state index in [1.54, 1.807) is 17.2 Å². The van der Waals surface area contributed by atoms with Gasteiger partial charge in [-0.05, 0) is 33.8 Å². The fourth-order valence-electron chi connectivity index (χ4n) is 2.76. The molecule has 0 saturated carbocycles. The Bertz CT molecular complexity index is 762. The molecule has 2 aromatic rings. The monoisotopic (exact) mass is 347 g/mol. The lowest BCUT2D eigenvalue weighted by Gasteiger charge is -2.20. The van der Waals surface area contributed by atoms with Gasteiger partial charge in [0, 0.05) is 37.1 Å². The highest BCUT2D eigenvalue weighted by Crippen LogP contribution is 2.17. The van der Waals surface area contributed by atoms with Crippen molar-refractivity contribution in [1.29, 1.82) is 0 Å². The van der Waals surface area contributed by atoms with E-state index in [0.29, 0.717) is 18.8 Å². The van der Waals surface area contributed by atoms with Crippen molar-refractivity contribution in [3.63, 3.8) is 0 Å². The molecule has 0 radical (unpaired) electrons. The van der Waals surface area contributed by atoms with Crippen LogP contribution >= 0.6 is 0 Å². The van der Waals surface area contributed by atoms with Crippen LogP contribution in [-0.4, -0.2) is 48.0 Å². The molecule has 0 aliphatic carbocycles. The molecular weight excluding hydrogens is 322 g/mol. The zero-order valence-corrected chi connectivity index (χ0v) is 15.2. The van der Waals surface area contributed by atoms with Crippen LogP contribution in [0.4, 0.5) is 0 Å². The minimum Gasteiger partial charge on any atom is -0.481 e. The van der Waals surface area contributed by atoms with Gasteiger partial charge >= 0.3 is 5.97 Å². The van der Waals surface area contributed by atoms with E-state index in [9.17, 15) is 9.59 Å². The van der Waals surface area contributed by atoms with E-state index in [1.807, 2.05) is 32.4 Å². The Labute approximate surface area is 147 Å². The summed E-state index contributed by atoms with van der Waals surface area (Å²) in [7, 11) is 0. The van der Waals surface area contributed by atoms with Crippen molar-refractivity contribution in [2.24, 2.45) is 0 Å². The Hall–Kier alpha value is -2.64. The molecule has 0 aliphatic rings. The maximum absolute atomic E-state index is 12.7. The molecule has 0 saturated heterocycles. The number of hydrogen-bond acceptors (Lipinski definition) is 4. The lowest BCUT2D eigenvalue weighted by Crippen LogP contribution is -2.31. The highest BCUT2D eigenvalue weighted by molar-refractivity contribution is 5.92. The Morgan fingerprint density at radius 3 is 2.52 bits per heavy atom. The summed E-state index contributed by atoms with van der Waals surface area (Å²) in [5.41, 5.74) is 3.38. The van der Waals surface area contributed by atoms with Crippen molar-refractivity contribution in [1.82, 2.24) is 24.5 Å². The quantitative estimate of drug-likeness (QED) is 0.786. The normalized spacial score (nSPS) is 10.9. The largest absolute Gasteiger partial charge is 0.481 e. The SMILES string of the molecule is CCN(Cc1c(C)nn(CC)c1C)C(=O)c1ccn(CCC(=O)O)n1. The number of aliphatic carboxylic acids is 1. The van der Waals surface area contributed by atoms with Gasteiger partial charge in [-0.1, -0.05) is 0 Å². The van der Waals surface area contributed by atoms with Gasteiger partial charge in [-0.2, -0.15) is 10.2 Å². The highest BCUT2D eigenvalue weighted by Gasteiger charge is 2.21. The van der Waals surface area contributed by atoms with E-state index in [4.69, 9.17) is 5.11 Å². The third kappa shape index (κ3) is 4.26. The van der Waals surface area contributed by atoms with Crippen LogP contribution in [0.25, 0.3) is 0 Å². The summed E-state index contributed by atoms with van der Waals surface area (Å²) in [6.45, 7) is 10.00. The summed E-state index contributed by atoms with van der Waals surface area (Å²) in [6.07, 6.45) is 1.61. The molecule has 2 aromatic heterocycles. The molecule has 0 fully saturated rings. The predicted molar refractivity (Wildman–Crippen MR) is 92.3 cm³/mol. The Morgan fingerprint density at radius 1 is 1.24 bits per heavy atom. The number of carboxylic acid groups (broad SMARTS) is 1. The lowest BCUT2D eigenvalue weighted by atomic mass is 10.1. The number of nitrogens with zero attached hydrogens (tertiary/aromatic N) is 5. The first kappa shape index (κ1) is 18.7. The summed E-state index contributed by atoms with van der Waals surface area (Å²) in [5, 5.41) is 17.4. The van der Waals surface area contributed by atoms with E-state index < -0.39 is 5.97 Å². The molecule has 136 valence electrons. The van der Waals surface area contributed by atoms with Crippen LogP contribution < -0.4 is 0 Å². The highest BCUT2D eigenvalue weighted by atomic mass is 16.4. The van der Waals surface area contributed by atoms with Crippen molar-refractivity contribution in [3.05, 3.63) is 34.9 Å². The molecule has 1 amide bonds. The van der Waals surface area contributed by atoms with E-state index in [1.165, 1.54) is 4.68 Å². The summed E-state index contributed by atoms with van der Waals surface area (Å²) < 4.78 is 3.42. The number of carbonyl (C=O) groups is 2. The van der Waals surface area contributed by atoms with Gasteiger partial charge in [0.15, 0.2) is 0 Å². The minimum absolute atomic E-state index is 0.0264. The van der Waals surface area contributed by atoms with Crippen molar-refractivity contribution in [3.8, 4) is 0 Å². The number of aryl methyl sites for hydroxylation is 3. The molecular formula is C17H25N5O3. The van der Waals surface area contributed by atoms with E-state index >= 15 is 0 Å². The van der Waals surface area contributed by atoms with Gasteiger partial charge < -0.3 is 10.0 Å². The second kappa shape index (κ2) is 7.96. The first-order valence-corrected chi connectivity index (χ1v) is 8.44. The molecule has 8 heteroatoms.